The van der Waals surface area contributed by atoms with Gasteiger partial charge in [-0.15, -0.1) is 0 Å². The molecule has 0 bridgehead atoms. The van der Waals surface area contributed by atoms with Gasteiger partial charge in [0.2, 0.25) is 0 Å². The van der Waals surface area contributed by atoms with Crippen molar-refractivity contribution in [2.75, 3.05) is 20.3 Å². The number of rotatable bonds is 10. The maximum atomic E-state index is 12.3. The molecule has 1 aliphatic rings. The molecule has 2 amide bonds. The van der Waals surface area contributed by atoms with Crippen molar-refractivity contribution in [3.63, 3.8) is 0 Å². The summed E-state index contributed by atoms with van der Waals surface area (Å²) in [7, 11) is 1.27. The maximum Gasteiger partial charge on any atom is 0.337 e. The van der Waals surface area contributed by atoms with E-state index in [1.807, 2.05) is 0 Å². The molecule has 0 saturated heterocycles. The largest absolute Gasteiger partial charge is 0.508 e. The molecule has 0 aliphatic carbocycles. The van der Waals surface area contributed by atoms with E-state index in [4.69, 9.17) is 14.2 Å². The molecule has 1 aliphatic heterocycles. The molecule has 0 spiro atoms. The van der Waals surface area contributed by atoms with Crippen molar-refractivity contribution in [1.82, 2.24) is 16.1 Å². The number of phenolic OH excluding ortho intramolecular Hbond substituents is 1. The Hall–Kier alpha value is -4.25. The number of hydrogen-bond donors (Lipinski definition) is 5. The van der Waals surface area contributed by atoms with Gasteiger partial charge in [-0.05, 0) is 49.2 Å². The fraction of sp³-hybridized carbons (Fsp3) is 0.292. The number of urea groups is 1. The minimum atomic E-state index is -1.13. The summed E-state index contributed by atoms with van der Waals surface area (Å²) in [6, 6.07) is 10.3. The molecule has 0 saturated carbocycles. The van der Waals surface area contributed by atoms with Gasteiger partial charge in [0, 0.05) is 5.70 Å². The Kier molecular flexibility index (Phi) is 8.52. The molecular formula is C24H28N4O7. The monoisotopic (exact) mass is 484 g/mol. The van der Waals surface area contributed by atoms with Gasteiger partial charge in [-0.25, -0.2) is 9.59 Å². The number of nitrogens with one attached hydrogen (secondary N) is 3. The third kappa shape index (κ3) is 6.64. The second-order valence-corrected chi connectivity index (χ2v) is 7.51. The van der Waals surface area contributed by atoms with Crippen molar-refractivity contribution >= 4 is 18.2 Å². The van der Waals surface area contributed by atoms with Gasteiger partial charge in [-0.2, -0.15) is 5.10 Å². The first-order valence-electron chi connectivity index (χ1n) is 10.8. The van der Waals surface area contributed by atoms with E-state index in [2.05, 4.69) is 21.2 Å². The number of aromatic hydroxyl groups is 1. The molecule has 1 heterocycles. The van der Waals surface area contributed by atoms with Crippen LogP contribution in [0.1, 0.15) is 31.0 Å². The van der Waals surface area contributed by atoms with Crippen LogP contribution in [0, 0.1) is 0 Å². The number of carbonyl (C=O) groups excluding carboxylic acids is 2. The predicted molar refractivity (Wildman–Crippen MR) is 127 cm³/mol. The quantitative estimate of drug-likeness (QED) is 0.149. The molecule has 2 aromatic rings. The highest BCUT2D eigenvalue weighted by Gasteiger charge is 2.32. The minimum absolute atomic E-state index is 0.109. The van der Waals surface area contributed by atoms with Crippen LogP contribution in [0.25, 0.3) is 0 Å². The van der Waals surface area contributed by atoms with E-state index in [0.717, 1.165) is 0 Å². The van der Waals surface area contributed by atoms with Crippen LogP contribution in [0.4, 0.5) is 4.79 Å². The Balaban J connectivity index is 1.71. The SMILES string of the molecule is CCOc1cc([C@H]2NC(=O)NC(C)=C2C(=O)OC)ccc1OC[C@@H](O)N/N=C\c1cccc(O)c1. The van der Waals surface area contributed by atoms with Gasteiger partial charge in [0.25, 0.3) is 0 Å². The summed E-state index contributed by atoms with van der Waals surface area (Å²) in [5.74, 6) is 0.265. The molecule has 0 radical (unpaired) electrons. The number of esters is 1. The van der Waals surface area contributed by atoms with Crippen molar-refractivity contribution in [2.24, 2.45) is 5.10 Å². The third-order valence-electron chi connectivity index (χ3n) is 4.98. The molecule has 3 rings (SSSR count). The number of aliphatic hydroxyl groups excluding tert-OH is 1. The number of nitrogens with zero attached hydrogens (tertiary/aromatic N) is 1. The molecule has 186 valence electrons. The second kappa shape index (κ2) is 11.7. The lowest BCUT2D eigenvalue weighted by Gasteiger charge is -2.28. The molecule has 5 N–H and O–H groups in total. The molecule has 0 aromatic heterocycles. The number of hydrogen-bond acceptors (Lipinski definition) is 9. The lowest BCUT2D eigenvalue weighted by Crippen LogP contribution is -2.45. The summed E-state index contributed by atoms with van der Waals surface area (Å²) in [4.78, 5) is 24.4. The molecule has 2 atom stereocenters. The third-order valence-corrected chi connectivity index (χ3v) is 4.98. The van der Waals surface area contributed by atoms with E-state index in [-0.39, 0.29) is 17.9 Å². The Morgan fingerprint density at radius 3 is 2.74 bits per heavy atom. The van der Waals surface area contributed by atoms with Gasteiger partial charge < -0.3 is 35.1 Å². The number of carbonyl (C=O) groups is 2. The first-order chi connectivity index (χ1) is 16.8. The predicted octanol–water partition coefficient (Wildman–Crippen LogP) is 1.91. The highest BCUT2D eigenvalue weighted by atomic mass is 16.5. The number of allylic oxidation sites excluding steroid dienone is 1. The topological polar surface area (TPSA) is 151 Å². The smallest absolute Gasteiger partial charge is 0.337 e. The fourth-order valence-electron chi connectivity index (χ4n) is 3.43. The number of aliphatic hydroxyl groups is 1. The lowest BCUT2D eigenvalue weighted by atomic mass is 9.95. The van der Waals surface area contributed by atoms with E-state index in [1.165, 1.54) is 19.4 Å². The average Bonchev–Trinajstić information content (AvgIpc) is 2.82. The van der Waals surface area contributed by atoms with E-state index in [1.54, 1.807) is 50.2 Å². The summed E-state index contributed by atoms with van der Waals surface area (Å²) < 4.78 is 16.3. The number of ether oxygens (including phenoxy) is 3. The van der Waals surface area contributed by atoms with Crippen LogP contribution in [-0.2, 0) is 9.53 Å². The van der Waals surface area contributed by atoms with Crippen LogP contribution in [0.5, 0.6) is 17.2 Å². The summed E-state index contributed by atoms with van der Waals surface area (Å²) in [5.41, 5.74) is 4.44. The zero-order valence-corrected chi connectivity index (χ0v) is 19.6. The standard InChI is InChI=1S/C24H28N4O7/c1-4-34-19-11-16(22-21(23(31)33-3)14(2)26-24(32)27-22)8-9-18(19)35-13-20(30)28-25-12-15-6-5-7-17(29)10-15/h5-12,20,22,28-30H,4,13H2,1-3H3,(H2,26,27,32)/b25-12-/t20-,22-/m1/s1. The Labute approximate surface area is 202 Å². The highest BCUT2D eigenvalue weighted by Crippen LogP contribution is 2.34. The molecular weight excluding hydrogens is 456 g/mol. The lowest BCUT2D eigenvalue weighted by molar-refractivity contribution is -0.136. The molecule has 0 unspecified atom stereocenters. The number of phenols is 1. The zero-order valence-electron chi connectivity index (χ0n) is 19.6. The Morgan fingerprint density at radius 2 is 2.03 bits per heavy atom. The average molecular weight is 485 g/mol. The van der Waals surface area contributed by atoms with Crippen LogP contribution < -0.4 is 25.5 Å². The first kappa shape index (κ1) is 25.4. The van der Waals surface area contributed by atoms with E-state index in [9.17, 15) is 19.8 Å². The summed E-state index contributed by atoms with van der Waals surface area (Å²) in [5, 5.41) is 28.9. The second-order valence-electron chi connectivity index (χ2n) is 7.51. The number of methoxy groups -OCH3 is 1. The van der Waals surface area contributed by atoms with Crippen molar-refractivity contribution < 1.29 is 34.0 Å². The zero-order chi connectivity index (χ0) is 25.4. The van der Waals surface area contributed by atoms with Gasteiger partial charge in [0.15, 0.2) is 17.7 Å². The first-order valence-corrected chi connectivity index (χ1v) is 10.8. The van der Waals surface area contributed by atoms with Crippen molar-refractivity contribution in [2.45, 2.75) is 26.1 Å². The van der Waals surface area contributed by atoms with Crippen molar-refractivity contribution in [1.29, 1.82) is 0 Å². The number of amides is 2. The summed E-state index contributed by atoms with van der Waals surface area (Å²) in [6.45, 7) is 3.62. The van der Waals surface area contributed by atoms with Crippen LogP contribution in [-0.4, -0.2) is 55.0 Å². The van der Waals surface area contributed by atoms with Crippen LogP contribution >= 0.6 is 0 Å². The molecule has 11 nitrogen and oxygen atoms in total. The number of benzene rings is 2. The van der Waals surface area contributed by atoms with Gasteiger partial charge in [0.1, 0.15) is 12.4 Å². The summed E-state index contributed by atoms with van der Waals surface area (Å²) in [6.07, 6.45) is 0.323. The van der Waals surface area contributed by atoms with E-state index >= 15 is 0 Å². The van der Waals surface area contributed by atoms with Crippen LogP contribution in [0.3, 0.4) is 0 Å². The maximum absolute atomic E-state index is 12.3. The van der Waals surface area contributed by atoms with Gasteiger partial charge in [-0.3, -0.25) is 5.43 Å². The molecule has 11 heteroatoms. The van der Waals surface area contributed by atoms with Crippen molar-refractivity contribution in [3.8, 4) is 17.2 Å². The van der Waals surface area contributed by atoms with E-state index in [0.29, 0.717) is 34.9 Å². The van der Waals surface area contributed by atoms with E-state index < -0.39 is 24.3 Å². The number of hydrazone groups is 1. The molecule has 35 heavy (non-hydrogen) atoms. The fourth-order valence-corrected chi connectivity index (χ4v) is 3.43. The normalized spacial score (nSPS) is 16.3. The van der Waals surface area contributed by atoms with Crippen LogP contribution in [0.2, 0.25) is 0 Å². The van der Waals surface area contributed by atoms with Gasteiger partial charge in [-0.1, -0.05) is 18.2 Å². The van der Waals surface area contributed by atoms with Crippen molar-refractivity contribution in [3.05, 3.63) is 64.9 Å². The van der Waals surface area contributed by atoms with Gasteiger partial charge in [0.05, 0.1) is 31.5 Å². The van der Waals surface area contributed by atoms with Crippen LogP contribution in [0.15, 0.2) is 58.8 Å². The Morgan fingerprint density at radius 1 is 1.23 bits per heavy atom. The van der Waals surface area contributed by atoms with Gasteiger partial charge >= 0.3 is 12.0 Å². The highest BCUT2D eigenvalue weighted by molar-refractivity contribution is 5.95. The molecule has 0 fully saturated rings. The summed E-state index contributed by atoms with van der Waals surface area (Å²) >= 11 is 0. The minimum Gasteiger partial charge on any atom is -0.508 e. The molecule has 2 aromatic carbocycles. The Bertz CT molecular complexity index is 1130.